The minimum Gasteiger partial charge on any atom is -0.529 e. The Labute approximate surface area is 252 Å². The Hall–Kier alpha value is -2.91. The minimum absolute atomic E-state index is 0. The van der Waals surface area contributed by atoms with Crippen LogP contribution < -0.4 is 34.7 Å². The van der Waals surface area contributed by atoms with E-state index in [1.807, 2.05) is 54.1 Å². The molecule has 0 aliphatic carbocycles. The molecule has 4 rings (SSSR count). The summed E-state index contributed by atoms with van der Waals surface area (Å²) in [6.45, 7) is 5.82. The number of hydrogen-bond donors (Lipinski definition) is 0. The van der Waals surface area contributed by atoms with E-state index < -0.39 is 16.1 Å². The molecule has 0 spiro atoms. The zero-order valence-corrected chi connectivity index (χ0v) is 25.7. The van der Waals surface area contributed by atoms with Gasteiger partial charge >= 0.3 is 29.6 Å². The number of benzene rings is 3. The molecule has 0 N–H and O–H groups in total. The van der Waals surface area contributed by atoms with Gasteiger partial charge in [0.2, 0.25) is 0 Å². The van der Waals surface area contributed by atoms with Crippen molar-refractivity contribution in [2.75, 3.05) is 6.54 Å². The number of amides is 1. The topological polar surface area (TPSA) is 95.3 Å². The second kappa shape index (κ2) is 13.4. The molecule has 0 fully saturated rings. The van der Waals surface area contributed by atoms with Crippen molar-refractivity contribution in [2.45, 2.75) is 51.3 Å². The largest absolute Gasteiger partial charge is 1.00 e. The van der Waals surface area contributed by atoms with E-state index in [1.165, 1.54) is 12.1 Å². The SMILES string of the molecule is CCCCc1nn(-c2ccc(CCN(C(=O)[O-])S(=O)(=O)c3ccc(C)cc3)cc2)c(C)c1-c1ccccc1.[Na+]. The van der Waals surface area contributed by atoms with Crippen LogP contribution >= 0.6 is 0 Å². The third-order valence-corrected chi connectivity index (χ3v) is 8.40. The van der Waals surface area contributed by atoms with Crippen molar-refractivity contribution in [1.82, 2.24) is 14.1 Å². The summed E-state index contributed by atoms with van der Waals surface area (Å²) in [6, 6.07) is 23.9. The van der Waals surface area contributed by atoms with Crippen LogP contribution in [-0.2, 0) is 22.9 Å². The number of carboxylic acid groups (broad SMARTS) is 1. The molecule has 0 bridgehead atoms. The number of hydrogen-bond acceptors (Lipinski definition) is 5. The summed E-state index contributed by atoms with van der Waals surface area (Å²) in [5, 5.41) is 16.7. The minimum atomic E-state index is -4.22. The number of carbonyl (C=O) groups excluding carboxylic acids is 1. The Morgan fingerprint density at radius 1 is 0.923 bits per heavy atom. The molecule has 0 saturated heterocycles. The number of aryl methyl sites for hydroxylation is 2. The summed E-state index contributed by atoms with van der Waals surface area (Å²) < 4.78 is 28.1. The maximum absolute atomic E-state index is 12.9. The summed E-state index contributed by atoms with van der Waals surface area (Å²) in [4.78, 5) is 11.7. The fraction of sp³-hybridized carbons (Fsp3) is 0.267. The second-order valence-corrected chi connectivity index (χ2v) is 11.2. The average molecular weight is 554 g/mol. The van der Waals surface area contributed by atoms with Gasteiger partial charge in [0.05, 0.1) is 16.3 Å². The van der Waals surface area contributed by atoms with E-state index in [4.69, 9.17) is 5.10 Å². The average Bonchev–Trinajstić information content (AvgIpc) is 3.24. The Morgan fingerprint density at radius 2 is 1.56 bits per heavy atom. The molecule has 0 aliphatic heterocycles. The Morgan fingerprint density at radius 3 is 2.15 bits per heavy atom. The number of carbonyl (C=O) groups is 1. The Bertz CT molecular complexity index is 1500. The summed E-state index contributed by atoms with van der Waals surface area (Å²) in [5.41, 5.74) is 6.96. The van der Waals surface area contributed by atoms with Crippen molar-refractivity contribution in [3.63, 3.8) is 0 Å². The van der Waals surface area contributed by atoms with Crippen LogP contribution in [0.4, 0.5) is 4.79 Å². The first-order valence-electron chi connectivity index (χ1n) is 12.8. The first kappa shape index (κ1) is 30.6. The molecule has 1 heterocycles. The van der Waals surface area contributed by atoms with Crippen LogP contribution in [0.2, 0.25) is 0 Å². The van der Waals surface area contributed by atoms with Gasteiger partial charge in [-0.15, -0.1) is 0 Å². The molecule has 0 aliphatic rings. The molecule has 0 saturated carbocycles. The van der Waals surface area contributed by atoms with E-state index in [0.29, 0.717) is 4.31 Å². The molecule has 39 heavy (non-hydrogen) atoms. The number of sulfonamides is 1. The van der Waals surface area contributed by atoms with Gasteiger partial charge in [0.1, 0.15) is 0 Å². The summed E-state index contributed by atoms with van der Waals surface area (Å²) in [7, 11) is -4.22. The molecule has 0 radical (unpaired) electrons. The van der Waals surface area contributed by atoms with Gasteiger partial charge in [-0.2, -0.15) is 5.10 Å². The van der Waals surface area contributed by atoms with Crippen molar-refractivity contribution < 1.29 is 47.9 Å². The van der Waals surface area contributed by atoms with Gasteiger partial charge in [0, 0.05) is 17.8 Å². The van der Waals surface area contributed by atoms with E-state index >= 15 is 0 Å². The predicted octanol–water partition coefficient (Wildman–Crippen LogP) is 2.08. The normalized spacial score (nSPS) is 11.2. The zero-order valence-electron chi connectivity index (χ0n) is 22.9. The van der Waals surface area contributed by atoms with Gasteiger partial charge in [-0.05, 0) is 68.5 Å². The van der Waals surface area contributed by atoms with Gasteiger partial charge < -0.3 is 9.90 Å². The molecule has 1 amide bonds. The van der Waals surface area contributed by atoms with Crippen LogP contribution in [0.15, 0.2) is 83.8 Å². The standard InChI is InChI=1S/C30H33N3O4S.Na/c1-4-5-11-28-29(25-9-7-6-8-10-25)23(3)33(31-28)26-16-14-24(15-17-26)20-21-32(30(34)35)38(36,37)27-18-12-22(2)13-19-27;/h6-10,12-19H,4-5,11,20-21H2,1-3H3,(H,34,35);/q;+1/p-1. The predicted molar refractivity (Wildman–Crippen MR) is 147 cm³/mol. The first-order chi connectivity index (χ1) is 18.2. The van der Waals surface area contributed by atoms with Gasteiger partial charge in [-0.1, -0.05) is 73.5 Å². The maximum Gasteiger partial charge on any atom is 1.00 e. The monoisotopic (exact) mass is 553 g/mol. The molecule has 1 aromatic heterocycles. The Balaban J connectivity index is 0.00000420. The van der Waals surface area contributed by atoms with Crippen LogP contribution in [-0.4, -0.2) is 35.1 Å². The van der Waals surface area contributed by atoms with Crippen LogP contribution in [0.3, 0.4) is 0 Å². The maximum atomic E-state index is 12.9. The summed E-state index contributed by atoms with van der Waals surface area (Å²) in [5.74, 6) is 0. The van der Waals surface area contributed by atoms with Crippen LogP contribution in [0.25, 0.3) is 16.8 Å². The third kappa shape index (κ3) is 7.00. The molecule has 7 nitrogen and oxygen atoms in total. The van der Waals surface area contributed by atoms with Crippen LogP contribution in [0.1, 0.15) is 42.3 Å². The van der Waals surface area contributed by atoms with Crippen LogP contribution in [0, 0.1) is 13.8 Å². The molecule has 0 atom stereocenters. The van der Waals surface area contributed by atoms with Crippen molar-refractivity contribution in [1.29, 1.82) is 0 Å². The molecular weight excluding hydrogens is 521 g/mol. The number of aromatic nitrogens is 2. The van der Waals surface area contributed by atoms with Gasteiger partial charge in [-0.25, -0.2) is 13.1 Å². The number of rotatable bonds is 10. The fourth-order valence-electron chi connectivity index (χ4n) is 4.49. The van der Waals surface area contributed by atoms with Crippen LogP contribution in [0.5, 0.6) is 0 Å². The fourth-order valence-corrected chi connectivity index (χ4v) is 5.76. The van der Waals surface area contributed by atoms with Crippen molar-refractivity contribution in [3.05, 3.63) is 101 Å². The molecular formula is C30H32N3NaO4S. The molecule has 198 valence electrons. The quantitative estimate of drug-likeness (QED) is 0.280. The first-order valence-corrected chi connectivity index (χ1v) is 14.2. The van der Waals surface area contributed by atoms with E-state index in [9.17, 15) is 18.3 Å². The smallest absolute Gasteiger partial charge is 0.529 e. The van der Waals surface area contributed by atoms with Gasteiger partial charge in [-0.3, -0.25) is 4.31 Å². The Kier molecular flexibility index (Phi) is 10.6. The van der Waals surface area contributed by atoms with Crippen molar-refractivity contribution in [2.24, 2.45) is 0 Å². The second-order valence-electron chi connectivity index (χ2n) is 9.36. The summed E-state index contributed by atoms with van der Waals surface area (Å²) in [6.07, 6.45) is 1.49. The van der Waals surface area contributed by atoms with E-state index in [1.54, 1.807) is 12.1 Å². The third-order valence-electron chi connectivity index (χ3n) is 6.62. The van der Waals surface area contributed by atoms with Crippen molar-refractivity contribution >= 4 is 16.1 Å². The summed E-state index contributed by atoms with van der Waals surface area (Å²) >= 11 is 0. The van der Waals surface area contributed by atoms with Gasteiger partial charge in [0.15, 0.2) is 6.09 Å². The van der Waals surface area contributed by atoms with E-state index in [-0.39, 0.29) is 47.4 Å². The zero-order chi connectivity index (χ0) is 27.3. The van der Waals surface area contributed by atoms with E-state index in [2.05, 4.69) is 26.0 Å². The molecule has 9 heteroatoms. The molecule has 3 aromatic carbocycles. The molecule has 4 aromatic rings. The van der Waals surface area contributed by atoms with Gasteiger partial charge in [0.25, 0.3) is 10.0 Å². The molecule has 0 unspecified atom stereocenters. The van der Waals surface area contributed by atoms with Crippen molar-refractivity contribution in [3.8, 4) is 16.8 Å². The van der Waals surface area contributed by atoms with E-state index in [0.717, 1.165) is 58.6 Å². The number of unbranched alkanes of at least 4 members (excludes halogenated alkanes) is 1. The number of nitrogens with zero attached hydrogens (tertiary/aromatic N) is 3.